The smallest absolute Gasteiger partial charge is 0.233 e. The highest BCUT2D eigenvalue weighted by molar-refractivity contribution is 8.00. The summed E-state index contributed by atoms with van der Waals surface area (Å²) in [6, 6.07) is 10.6. The molecule has 2 fully saturated rings. The van der Waals surface area contributed by atoms with Crippen LogP contribution in [0.1, 0.15) is 32.2 Å². The van der Waals surface area contributed by atoms with Crippen molar-refractivity contribution in [3.8, 4) is 0 Å². The maximum Gasteiger partial charge on any atom is 0.233 e. The molecule has 4 rings (SSSR count). The van der Waals surface area contributed by atoms with E-state index in [1.165, 1.54) is 17.4 Å². The first-order chi connectivity index (χ1) is 14.6. The number of thioether (sulfide) groups is 1. The number of nitrogens with zero attached hydrogens (tertiary/aromatic N) is 6. The lowest BCUT2D eigenvalue weighted by Gasteiger charge is -2.36. The standard InChI is InChI=1S/C20H27N7O2S/c1-15(30-20-22-23-24-27(20)17-7-8-17)19(29)21-10-9-18(28)26-13-11-25(12-14-26)16-5-3-2-4-6-16/h2-6,15,17H,7-14H2,1H3,(H,21,29). The van der Waals surface area contributed by atoms with Crippen molar-refractivity contribution in [1.29, 1.82) is 0 Å². The Bertz CT molecular complexity index is 863. The lowest BCUT2D eigenvalue weighted by Crippen LogP contribution is -2.49. The second-order valence-corrected chi connectivity index (χ2v) is 8.95. The van der Waals surface area contributed by atoms with Crippen LogP contribution in [-0.2, 0) is 9.59 Å². The number of anilines is 1. The Hall–Kier alpha value is -2.62. The SMILES string of the molecule is CC(Sc1nnnn1C1CC1)C(=O)NCCC(=O)N1CCN(c2ccccc2)CC1. The highest BCUT2D eigenvalue weighted by Gasteiger charge is 2.29. The van der Waals surface area contributed by atoms with Crippen LogP contribution in [0.5, 0.6) is 0 Å². The van der Waals surface area contributed by atoms with Gasteiger partial charge in [0.1, 0.15) is 0 Å². The maximum absolute atomic E-state index is 12.5. The number of rotatable bonds is 8. The van der Waals surface area contributed by atoms with Gasteiger partial charge >= 0.3 is 0 Å². The minimum atomic E-state index is -0.321. The Labute approximate surface area is 180 Å². The van der Waals surface area contributed by atoms with Crippen LogP contribution in [0.3, 0.4) is 0 Å². The Morgan fingerprint density at radius 2 is 1.90 bits per heavy atom. The zero-order valence-corrected chi connectivity index (χ0v) is 17.9. The van der Waals surface area contributed by atoms with Gasteiger partial charge in [0.15, 0.2) is 0 Å². The van der Waals surface area contributed by atoms with Crippen LogP contribution in [0.4, 0.5) is 5.69 Å². The van der Waals surface area contributed by atoms with Crippen LogP contribution >= 0.6 is 11.8 Å². The molecule has 2 aliphatic rings. The van der Waals surface area contributed by atoms with E-state index in [1.807, 2.05) is 30.0 Å². The van der Waals surface area contributed by atoms with E-state index in [0.717, 1.165) is 25.9 Å². The molecule has 10 heteroatoms. The molecule has 2 aromatic rings. The molecule has 1 N–H and O–H groups in total. The van der Waals surface area contributed by atoms with Gasteiger partial charge in [0.2, 0.25) is 17.0 Å². The number of para-hydroxylation sites is 1. The monoisotopic (exact) mass is 429 g/mol. The first-order valence-corrected chi connectivity index (χ1v) is 11.3. The van der Waals surface area contributed by atoms with E-state index in [4.69, 9.17) is 0 Å². The van der Waals surface area contributed by atoms with Crippen LogP contribution in [-0.4, -0.2) is 74.9 Å². The lowest BCUT2D eigenvalue weighted by molar-refractivity contribution is -0.131. The Morgan fingerprint density at radius 3 is 2.60 bits per heavy atom. The number of piperazine rings is 1. The average Bonchev–Trinajstić information content (AvgIpc) is 3.53. The third-order valence-corrected chi connectivity index (χ3v) is 6.45. The van der Waals surface area contributed by atoms with E-state index < -0.39 is 0 Å². The minimum Gasteiger partial charge on any atom is -0.368 e. The average molecular weight is 430 g/mol. The van der Waals surface area contributed by atoms with Gasteiger partial charge in [-0.1, -0.05) is 30.0 Å². The summed E-state index contributed by atoms with van der Waals surface area (Å²) in [6.07, 6.45) is 2.48. The summed E-state index contributed by atoms with van der Waals surface area (Å²) in [5.74, 6) is -0.0203. The molecule has 9 nitrogen and oxygen atoms in total. The van der Waals surface area contributed by atoms with Gasteiger partial charge in [0, 0.05) is 44.8 Å². The molecule has 30 heavy (non-hydrogen) atoms. The molecule has 1 aromatic carbocycles. The summed E-state index contributed by atoms with van der Waals surface area (Å²) < 4.78 is 1.80. The molecule has 0 radical (unpaired) electrons. The Morgan fingerprint density at radius 1 is 1.17 bits per heavy atom. The van der Waals surface area contributed by atoms with Gasteiger partial charge in [0.25, 0.3) is 0 Å². The van der Waals surface area contributed by atoms with Crippen LogP contribution in [0, 0.1) is 0 Å². The number of hydrogen-bond donors (Lipinski definition) is 1. The molecule has 0 bridgehead atoms. The number of benzene rings is 1. The summed E-state index contributed by atoms with van der Waals surface area (Å²) in [5.41, 5.74) is 1.19. The third kappa shape index (κ3) is 5.10. The zero-order chi connectivity index (χ0) is 20.9. The minimum absolute atomic E-state index is 0.0843. The normalized spacial score (nSPS) is 17.6. The first-order valence-electron chi connectivity index (χ1n) is 10.4. The van der Waals surface area contributed by atoms with E-state index in [2.05, 4.69) is 37.9 Å². The van der Waals surface area contributed by atoms with E-state index in [1.54, 1.807) is 4.68 Å². The molecule has 1 aliphatic heterocycles. The molecule has 1 unspecified atom stereocenters. The highest BCUT2D eigenvalue weighted by atomic mass is 32.2. The fraction of sp³-hybridized carbons (Fsp3) is 0.550. The summed E-state index contributed by atoms with van der Waals surface area (Å²) in [7, 11) is 0. The summed E-state index contributed by atoms with van der Waals surface area (Å²) >= 11 is 1.35. The second-order valence-electron chi connectivity index (χ2n) is 7.64. The van der Waals surface area contributed by atoms with Crippen molar-refractivity contribution < 1.29 is 9.59 Å². The van der Waals surface area contributed by atoms with E-state index in [-0.39, 0.29) is 17.1 Å². The molecule has 1 aromatic heterocycles. The quantitative estimate of drug-likeness (QED) is 0.633. The number of tetrazole rings is 1. The number of amides is 2. The van der Waals surface area contributed by atoms with Crippen molar-refractivity contribution in [1.82, 2.24) is 30.4 Å². The molecule has 1 saturated carbocycles. The summed E-state index contributed by atoms with van der Waals surface area (Å²) in [6.45, 7) is 5.23. The number of carbonyl (C=O) groups excluding carboxylic acids is 2. The number of hydrogen-bond acceptors (Lipinski definition) is 7. The molecule has 0 spiro atoms. The van der Waals surface area contributed by atoms with Crippen LogP contribution in [0.15, 0.2) is 35.5 Å². The third-order valence-electron chi connectivity index (χ3n) is 5.40. The van der Waals surface area contributed by atoms with E-state index in [9.17, 15) is 9.59 Å². The van der Waals surface area contributed by atoms with Crippen molar-refractivity contribution in [2.75, 3.05) is 37.6 Å². The van der Waals surface area contributed by atoms with Crippen molar-refractivity contribution in [3.05, 3.63) is 30.3 Å². The predicted octanol–water partition coefficient (Wildman–Crippen LogP) is 1.34. The van der Waals surface area contributed by atoms with Gasteiger partial charge in [-0.2, -0.15) is 0 Å². The van der Waals surface area contributed by atoms with Gasteiger partial charge in [-0.3, -0.25) is 9.59 Å². The van der Waals surface area contributed by atoms with Crippen molar-refractivity contribution in [2.45, 2.75) is 42.6 Å². The van der Waals surface area contributed by atoms with Crippen molar-refractivity contribution >= 4 is 29.3 Å². The Kier molecular flexibility index (Phi) is 6.51. The zero-order valence-electron chi connectivity index (χ0n) is 17.1. The molecule has 1 atom stereocenters. The number of carbonyl (C=O) groups is 2. The van der Waals surface area contributed by atoms with Crippen molar-refractivity contribution in [3.63, 3.8) is 0 Å². The Balaban J connectivity index is 1.16. The first kappa shape index (κ1) is 20.6. The van der Waals surface area contributed by atoms with Gasteiger partial charge in [-0.15, -0.1) is 5.10 Å². The fourth-order valence-corrected chi connectivity index (χ4v) is 4.35. The topological polar surface area (TPSA) is 96.2 Å². The van der Waals surface area contributed by atoms with Crippen LogP contribution in [0.25, 0.3) is 0 Å². The lowest BCUT2D eigenvalue weighted by atomic mass is 10.2. The van der Waals surface area contributed by atoms with Crippen molar-refractivity contribution in [2.24, 2.45) is 0 Å². The molecule has 1 saturated heterocycles. The molecule has 160 valence electrons. The number of aromatic nitrogens is 4. The fourth-order valence-electron chi connectivity index (χ4n) is 3.47. The van der Waals surface area contributed by atoms with Gasteiger partial charge in [-0.25, -0.2) is 4.68 Å². The van der Waals surface area contributed by atoms with Gasteiger partial charge in [0.05, 0.1) is 11.3 Å². The van der Waals surface area contributed by atoms with Crippen LogP contribution < -0.4 is 10.2 Å². The molecule has 2 amide bonds. The van der Waals surface area contributed by atoms with E-state index in [0.29, 0.717) is 37.3 Å². The molecular formula is C20H27N7O2S. The van der Waals surface area contributed by atoms with Gasteiger partial charge < -0.3 is 15.1 Å². The van der Waals surface area contributed by atoms with Crippen LogP contribution in [0.2, 0.25) is 0 Å². The summed E-state index contributed by atoms with van der Waals surface area (Å²) in [5, 5.41) is 15.0. The number of nitrogens with one attached hydrogen (secondary N) is 1. The highest BCUT2D eigenvalue weighted by Crippen LogP contribution is 2.37. The maximum atomic E-state index is 12.5. The molecular weight excluding hydrogens is 402 g/mol. The second kappa shape index (κ2) is 9.46. The summed E-state index contributed by atoms with van der Waals surface area (Å²) in [4.78, 5) is 29.1. The predicted molar refractivity (Wildman–Crippen MR) is 114 cm³/mol. The van der Waals surface area contributed by atoms with E-state index >= 15 is 0 Å². The largest absolute Gasteiger partial charge is 0.368 e. The molecule has 1 aliphatic carbocycles. The molecule has 2 heterocycles. The van der Waals surface area contributed by atoms with Gasteiger partial charge in [-0.05, 0) is 42.3 Å².